The van der Waals surface area contributed by atoms with E-state index in [1.165, 1.54) is 16.8 Å². The summed E-state index contributed by atoms with van der Waals surface area (Å²) in [6, 6.07) is 12.4. The van der Waals surface area contributed by atoms with Crippen molar-refractivity contribution < 1.29 is 0 Å². The molecule has 0 bridgehead atoms. The molecule has 0 radical (unpaired) electrons. The number of nitrogen functional groups attached to an aromatic ring is 1. The second kappa shape index (κ2) is 6.83. The molecule has 1 aromatic carbocycles. The molecule has 0 aliphatic heterocycles. The molecule has 2 aromatic heterocycles. The van der Waals surface area contributed by atoms with E-state index >= 15 is 0 Å². The van der Waals surface area contributed by atoms with Crippen molar-refractivity contribution in [1.82, 2.24) is 15.0 Å². The molecule has 0 fully saturated rings. The van der Waals surface area contributed by atoms with E-state index in [1.54, 1.807) is 6.07 Å². The number of anilines is 2. The lowest BCUT2D eigenvalue weighted by Crippen LogP contribution is -2.09. The van der Waals surface area contributed by atoms with E-state index in [9.17, 15) is 0 Å². The number of benzene rings is 1. The average molecular weight is 325 g/mol. The molecule has 0 aliphatic carbocycles. The lowest BCUT2D eigenvalue weighted by Gasteiger charge is -2.16. The van der Waals surface area contributed by atoms with Gasteiger partial charge < -0.3 is 11.1 Å². The maximum atomic E-state index is 5.71. The van der Waals surface area contributed by atoms with Gasteiger partial charge in [-0.3, -0.25) is 0 Å². The third kappa shape index (κ3) is 3.53. The predicted octanol–water partition coefficient (Wildman–Crippen LogP) is 3.89. The summed E-state index contributed by atoms with van der Waals surface area (Å²) < 4.78 is 0. The number of nitrogens with two attached hydrogens (primary N) is 1. The van der Waals surface area contributed by atoms with Crippen LogP contribution < -0.4 is 11.1 Å². The van der Waals surface area contributed by atoms with Gasteiger partial charge in [0.1, 0.15) is 18.0 Å². The Morgan fingerprint density at radius 2 is 1.91 bits per heavy atom. The van der Waals surface area contributed by atoms with Crippen LogP contribution in [0.4, 0.5) is 11.6 Å². The normalized spacial score (nSPS) is 12.3. The highest BCUT2D eigenvalue weighted by Gasteiger charge is 2.10. The third-order valence-electron chi connectivity index (χ3n) is 3.56. The maximum Gasteiger partial charge on any atom is 0.166 e. The molecule has 0 amide bonds. The molecular formula is C17H19N5S. The molecule has 0 saturated carbocycles. The Kier molecular flexibility index (Phi) is 4.62. The molecule has 0 spiro atoms. The number of nitrogens with zero attached hydrogens (tertiary/aromatic N) is 3. The molecule has 6 heteroatoms. The van der Waals surface area contributed by atoms with Gasteiger partial charge >= 0.3 is 0 Å². The number of thioether (sulfide) groups is 1. The van der Waals surface area contributed by atoms with Crippen LogP contribution in [0.5, 0.6) is 0 Å². The molecular weight excluding hydrogens is 306 g/mol. The van der Waals surface area contributed by atoms with Gasteiger partial charge in [0, 0.05) is 10.9 Å². The minimum absolute atomic E-state index is 0.131. The molecule has 118 valence electrons. The second-order valence-electron chi connectivity index (χ2n) is 5.20. The number of hydrogen-bond donors (Lipinski definition) is 2. The van der Waals surface area contributed by atoms with Gasteiger partial charge in [0.15, 0.2) is 5.65 Å². The van der Waals surface area contributed by atoms with Gasteiger partial charge in [0.05, 0.1) is 5.39 Å². The minimum atomic E-state index is 0.131. The Balaban J connectivity index is 1.83. The van der Waals surface area contributed by atoms with Crippen molar-refractivity contribution in [2.45, 2.75) is 24.8 Å². The first kappa shape index (κ1) is 15.6. The van der Waals surface area contributed by atoms with E-state index in [0.717, 1.165) is 17.0 Å². The fraction of sp³-hybridized carbons (Fsp3) is 0.235. The zero-order valence-electron chi connectivity index (χ0n) is 13.2. The van der Waals surface area contributed by atoms with E-state index in [2.05, 4.69) is 58.4 Å². The van der Waals surface area contributed by atoms with Crippen LogP contribution in [0.2, 0.25) is 0 Å². The van der Waals surface area contributed by atoms with Gasteiger partial charge in [-0.1, -0.05) is 19.1 Å². The average Bonchev–Trinajstić information content (AvgIpc) is 2.55. The van der Waals surface area contributed by atoms with Gasteiger partial charge in [-0.25, -0.2) is 15.0 Å². The van der Waals surface area contributed by atoms with Crippen molar-refractivity contribution in [3.05, 3.63) is 48.3 Å². The summed E-state index contributed by atoms with van der Waals surface area (Å²) in [7, 11) is 0. The van der Waals surface area contributed by atoms with E-state index in [-0.39, 0.29) is 6.04 Å². The first-order chi connectivity index (χ1) is 11.2. The smallest absolute Gasteiger partial charge is 0.166 e. The van der Waals surface area contributed by atoms with Crippen molar-refractivity contribution in [3.8, 4) is 0 Å². The number of aromatic nitrogens is 3. The molecule has 3 rings (SSSR count). The first-order valence-electron chi connectivity index (χ1n) is 7.54. The highest BCUT2D eigenvalue weighted by atomic mass is 32.2. The summed E-state index contributed by atoms with van der Waals surface area (Å²) >= 11 is 1.84. The summed E-state index contributed by atoms with van der Waals surface area (Å²) in [6.45, 7) is 4.27. The highest BCUT2D eigenvalue weighted by Crippen LogP contribution is 2.25. The Labute approximate surface area is 139 Å². The molecule has 3 aromatic rings. The Bertz CT molecular complexity index is 804. The van der Waals surface area contributed by atoms with Gasteiger partial charge in [-0.15, -0.1) is 11.8 Å². The predicted molar refractivity (Wildman–Crippen MR) is 96.6 cm³/mol. The van der Waals surface area contributed by atoms with Crippen LogP contribution in [0.1, 0.15) is 25.5 Å². The summed E-state index contributed by atoms with van der Waals surface area (Å²) in [6.07, 6.45) is 1.50. The van der Waals surface area contributed by atoms with E-state index in [1.807, 2.05) is 17.8 Å². The van der Waals surface area contributed by atoms with Crippen molar-refractivity contribution in [2.75, 3.05) is 16.8 Å². The number of fused-ring (bicyclic) bond motifs is 1. The maximum absolute atomic E-state index is 5.71. The lowest BCUT2D eigenvalue weighted by molar-refractivity contribution is 0.873. The number of rotatable bonds is 5. The van der Waals surface area contributed by atoms with Gasteiger partial charge in [-0.2, -0.15) is 0 Å². The summed E-state index contributed by atoms with van der Waals surface area (Å²) in [4.78, 5) is 14.0. The standard InChI is InChI=1S/C17H19N5S/c1-3-23-13-6-4-12(5-7-13)11(2)21-16-14-8-9-15(18)22-17(14)20-10-19-16/h4-11H,3H2,1-2H3,(H3,18,19,20,21,22)/t11-/m1/s1. The quantitative estimate of drug-likeness (QED) is 0.693. The van der Waals surface area contributed by atoms with Crippen molar-refractivity contribution in [2.24, 2.45) is 0 Å². The first-order valence-corrected chi connectivity index (χ1v) is 8.52. The summed E-state index contributed by atoms with van der Waals surface area (Å²) in [5.41, 5.74) is 7.52. The molecule has 1 atom stereocenters. The van der Waals surface area contributed by atoms with Gasteiger partial charge in [0.2, 0.25) is 0 Å². The van der Waals surface area contributed by atoms with Crippen LogP contribution in [0.25, 0.3) is 11.0 Å². The zero-order valence-corrected chi connectivity index (χ0v) is 14.0. The molecule has 2 heterocycles. The largest absolute Gasteiger partial charge is 0.384 e. The monoisotopic (exact) mass is 325 g/mol. The third-order valence-corrected chi connectivity index (χ3v) is 4.46. The molecule has 0 unspecified atom stereocenters. The summed E-state index contributed by atoms with van der Waals surface area (Å²) in [5.74, 6) is 2.30. The van der Waals surface area contributed by atoms with Crippen molar-refractivity contribution in [3.63, 3.8) is 0 Å². The highest BCUT2D eigenvalue weighted by molar-refractivity contribution is 7.99. The van der Waals surface area contributed by atoms with Crippen LogP contribution >= 0.6 is 11.8 Å². The van der Waals surface area contributed by atoms with Crippen LogP contribution in [0.3, 0.4) is 0 Å². The van der Waals surface area contributed by atoms with E-state index in [0.29, 0.717) is 11.5 Å². The van der Waals surface area contributed by atoms with E-state index in [4.69, 9.17) is 5.73 Å². The fourth-order valence-corrected chi connectivity index (χ4v) is 3.04. The van der Waals surface area contributed by atoms with Crippen LogP contribution in [-0.2, 0) is 0 Å². The molecule has 3 N–H and O–H groups in total. The van der Waals surface area contributed by atoms with Crippen LogP contribution in [0, 0.1) is 0 Å². The van der Waals surface area contributed by atoms with E-state index < -0.39 is 0 Å². The van der Waals surface area contributed by atoms with Gasteiger partial charge in [-0.05, 0) is 42.5 Å². The lowest BCUT2D eigenvalue weighted by atomic mass is 10.1. The SMILES string of the molecule is CCSc1ccc([C@@H](C)Nc2ncnc3nc(N)ccc23)cc1. The van der Waals surface area contributed by atoms with Crippen LogP contribution in [0.15, 0.2) is 47.6 Å². The minimum Gasteiger partial charge on any atom is -0.384 e. The fourth-order valence-electron chi connectivity index (χ4n) is 2.38. The Hall–Kier alpha value is -2.34. The zero-order chi connectivity index (χ0) is 16.2. The summed E-state index contributed by atoms with van der Waals surface area (Å²) in [5, 5.41) is 4.30. The molecule has 0 aliphatic rings. The molecule has 0 saturated heterocycles. The molecule has 23 heavy (non-hydrogen) atoms. The van der Waals surface area contributed by atoms with Crippen molar-refractivity contribution in [1.29, 1.82) is 0 Å². The number of nitrogens with one attached hydrogen (secondary N) is 1. The van der Waals surface area contributed by atoms with Crippen molar-refractivity contribution >= 4 is 34.4 Å². The Morgan fingerprint density at radius 1 is 1.13 bits per heavy atom. The van der Waals surface area contributed by atoms with Crippen LogP contribution in [-0.4, -0.2) is 20.7 Å². The van der Waals surface area contributed by atoms with Gasteiger partial charge in [0.25, 0.3) is 0 Å². The Morgan fingerprint density at radius 3 is 2.65 bits per heavy atom. The number of hydrogen-bond acceptors (Lipinski definition) is 6. The second-order valence-corrected chi connectivity index (χ2v) is 6.54. The molecule has 5 nitrogen and oxygen atoms in total. The number of pyridine rings is 1. The topological polar surface area (TPSA) is 76.7 Å².